The van der Waals surface area contributed by atoms with Crippen molar-refractivity contribution in [2.75, 3.05) is 14.2 Å². The lowest BCUT2D eigenvalue weighted by molar-refractivity contribution is 0.112. The SMILES string of the molecule is COc1cc(C=O)cc(-c2cn[nH]c2C)c1OC. The van der Waals surface area contributed by atoms with E-state index in [1.807, 2.05) is 6.92 Å². The van der Waals surface area contributed by atoms with E-state index in [0.29, 0.717) is 17.1 Å². The average Bonchev–Trinajstić information content (AvgIpc) is 2.83. The van der Waals surface area contributed by atoms with Gasteiger partial charge in [-0.25, -0.2) is 0 Å². The minimum Gasteiger partial charge on any atom is -0.493 e. The minimum absolute atomic E-state index is 0.526. The second-order valence-corrected chi connectivity index (χ2v) is 3.83. The molecule has 5 nitrogen and oxygen atoms in total. The van der Waals surface area contributed by atoms with E-state index in [0.717, 1.165) is 23.1 Å². The molecule has 0 aliphatic heterocycles. The lowest BCUT2D eigenvalue weighted by Gasteiger charge is -2.13. The standard InChI is InChI=1S/C13H14N2O3/c1-8-11(6-14-15-8)10-4-9(7-16)5-12(17-2)13(10)18-3/h4-7H,1-3H3,(H,14,15). The Hall–Kier alpha value is -2.30. The number of H-pyrrole nitrogens is 1. The molecule has 0 fully saturated rings. The summed E-state index contributed by atoms with van der Waals surface area (Å²) >= 11 is 0. The van der Waals surface area contributed by atoms with Gasteiger partial charge in [-0.2, -0.15) is 5.10 Å². The molecule has 1 aromatic carbocycles. The summed E-state index contributed by atoms with van der Waals surface area (Å²) in [5, 5.41) is 6.83. The number of benzene rings is 1. The molecule has 0 bridgehead atoms. The summed E-state index contributed by atoms with van der Waals surface area (Å²) in [4.78, 5) is 11.0. The predicted molar refractivity (Wildman–Crippen MR) is 67.3 cm³/mol. The van der Waals surface area contributed by atoms with Crippen molar-refractivity contribution in [3.8, 4) is 22.6 Å². The first-order chi connectivity index (χ1) is 8.71. The van der Waals surface area contributed by atoms with Gasteiger partial charge >= 0.3 is 0 Å². The monoisotopic (exact) mass is 246 g/mol. The van der Waals surface area contributed by atoms with Gasteiger partial charge in [0.2, 0.25) is 0 Å². The molecule has 0 atom stereocenters. The number of carbonyl (C=O) groups excluding carboxylic acids is 1. The highest BCUT2D eigenvalue weighted by molar-refractivity contribution is 5.84. The number of methoxy groups -OCH3 is 2. The van der Waals surface area contributed by atoms with Gasteiger partial charge in [-0.15, -0.1) is 0 Å². The van der Waals surface area contributed by atoms with Crippen molar-refractivity contribution in [2.24, 2.45) is 0 Å². The molecule has 2 rings (SSSR count). The lowest BCUT2D eigenvalue weighted by atomic mass is 10.0. The highest BCUT2D eigenvalue weighted by Crippen LogP contribution is 2.39. The fourth-order valence-electron chi connectivity index (χ4n) is 1.88. The summed E-state index contributed by atoms with van der Waals surface area (Å²) in [5.41, 5.74) is 3.10. The molecule has 0 aliphatic rings. The van der Waals surface area contributed by atoms with Gasteiger partial charge in [0.1, 0.15) is 6.29 Å². The summed E-state index contributed by atoms with van der Waals surface area (Å²) < 4.78 is 10.6. The number of rotatable bonds is 4. The van der Waals surface area contributed by atoms with Crippen LogP contribution in [0.15, 0.2) is 18.3 Å². The molecule has 5 heteroatoms. The molecule has 1 heterocycles. The fourth-order valence-corrected chi connectivity index (χ4v) is 1.88. The molecular weight excluding hydrogens is 232 g/mol. The third-order valence-corrected chi connectivity index (χ3v) is 2.76. The Morgan fingerprint density at radius 1 is 1.22 bits per heavy atom. The maximum Gasteiger partial charge on any atom is 0.168 e. The Labute approximate surface area is 105 Å². The van der Waals surface area contributed by atoms with Crippen LogP contribution < -0.4 is 9.47 Å². The Balaban J connectivity index is 2.71. The molecule has 0 aliphatic carbocycles. The van der Waals surface area contributed by atoms with E-state index in [1.165, 1.54) is 0 Å². The summed E-state index contributed by atoms with van der Waals surface area (Å²) in [7, 11) is 3.11. The normalized spacial score (nSPS) is 10.2. The maximum atomic E-state index is 11.0. The first kappa shape index (κ1) is 12.2. The number of carbonyl (C=O) groups is 1. The number of aromatic nitrogens is 2. The van der Waals surface area contributed by atoms with E-state index < -0.39 is 0 Å². The predicted octanol–water partition coefficient (Wildman–Crippen LogP) is 2.21. The van der Waals surface area contributed by atoms with Gasteiger partial charge in [0.05, 0.1) is 20.4 Å². The maximum absolute atomic E-state index is 11.0. The number of aryl methyl sites for hydroxylation is 1. The van der Waals surface area contributed by atoms with Crippen molar-refractivity contribution in [1.29, 1.82) is 0 Å². The molecule has 0 unspecified atom stereocenters. The van der Waals surface area contributed by atoms with E-state index in [1.54, 1.807) is 32.5 Å². The first-order valence-corrected chi connectivity index (χ1v) is 5.42. The third-order valence-electron chi connectivity index (χ3n) is 2.76. The number of nitrogens with zero attached hydrogens (tertiary/aromatic N) is 1. The van der Waals surface area contributed by atoms with Gasteiger partial charge in [0.25, 0.3) is 0 Å². The summed E-state index contributed by atoms with van der Waals surface area (Å²) in [6, 6.07) is 3.40. The van der Waals surface area contributed by atoms with E-state index in [4.69, 9.17) is 9.47 Å². The molecule has 0 saturated heterocycles. The summed E-state index contributed by atoms with van der Waals surface area (Å²) in [5.74, 6) is 1.12. The second kappa shape index (κ2) is 4.91. The zero-order chi connectivity index (χ0) is 13.1. The average molecular weight is 246 g/mol. The van der Waals surface area contributed by atoms with Crippen LogP contribution >= 0.6 is 0 Å². The molecule has 0 amide bonds. The van der Waals surface area contributed by atoms with Crippen LogP contribution in [-0.4, -0.2) is 30.7 Å². The topological polar surface area (TPSA) is 64.2 Å². The van der Waals surface area contributed by atoms with Gasteiger partial charge in [-0.05, 0) is 19.1 Å². The lowest BCUT2D eigenvalue weighted by Crippen LogP contribution is -1.96. The number of aromatic amines is 1. The molecule has 1 aromatic heterocycles. The molecule has 2 aromatic rings. The quantitative estimate of drug-likeness (QED) is 0.840. The van der Waals surface area contributed by atoms with Crippen LogP contribution in [0.4, 0.5) is 0 Å². The highest BCUT2D eigenvalue weighted by Gasteiger charge is 2.16. The molecule has 1 N–H and O–H groups in total. The number of hydrogen-bond acceptors (Lipinski definition) is 4. The Bertz CT molecular complexity index is 576. The van der Waals surface area contributed by atoms with Crippen LogP contribution in [0.2, 0.25) is 0 Å². The van der Waals surface area contributed by atoms with Crippen molar-refractivity contribution in [3.05, 3.63) is 29.6 Å². The number of ether oxygens (including phenoxy) is 2. The number of nitrogens with one attached hydrogen (secondary N) is 1. The Kier molecular flexibility index (Phi) is 3.32. The van der Waals surface area contributed by atoms with E-state index in [2.05, 4.69) is 10.2 Å². The molecular formula is C13H14N2O3. The fraction of sp³-hybridized carbons (Fsp3) is 0.231. The third kappa shape index (κ3) is 1.95. The van der Waals surface area contributed by atoms with Gasteiger partial charge in [-0.1, -0.05) is 0 Å². The van der Waals surface area contributed by atoms with Crippen LogP contribution in [0.3, 0.4) is 0 Å². The van der Waals surface area contributed by atoms with Gasteiger partial charge in [-0.3, -0.25) is 9.89 Å². The summed E-state index contributed by atoms with van der Waals surface area (Å²) in [6.45, 7) is 1.90. The van der Waals surface area contributed by atoms with Crippen LogP contribution in [0, 0.1) is 6.92 Å². The Morgan fingerprint density at radius 2 is 2.00 bits per heavy atom. The largest absolute Gasteiger partial charge is 0.493 e. The van der Waals surface area contributed by atoms with Crippen LogP contribution in [0.5, 0.6) is 11.5 Å². The van der Waals surface area contributed by atoms with Crippen LogP contribution in [0.1, 0.15) is 16.1 Å². The highest BCUT2D eigenvalue weighted by atomic mass is 16.5. The smallest absolute Gasteiger partial charge is 0.168 e. The summed E-state index contributed by atoms with van der Waals surface area (Å²) in [6.07, 6.45) is 2.47. The molecule has 0 saturated carbocycles. The number of hydrogen-bond donors (Lipinski definition) is 1. The van der Waals surface area contributed by atoms with Gasteiger partial charge in [0, 0.05) is 22.4 Å². The van der Waals surface area contributed by atoms with E-state index in [9.17, 15) is 4.79 Å². The molecule has 18 heavy (non-hydrogen) atoms. The van der Waals surface area contributed by atoms with Crippen molar-refractivity contribution < 1.29 is 14.3 Å². The van der Waals surface area contributed by atoms with Crippen LogP contribution in [-0.2, 0) is 0 Å². The van der Waals surface area contributed by atoms with Crippen molar-refractivity contribution in [3.63, 3.8) is 0 Å². The van der Waals surface area contributed by atoms with E-state index in [-0.39, 0.29) is 0 Å². The zero-order valence-corrected chi connectivity index (χ0v) is 10.5. The van der Waals surface area contributed by atoms with E-state index >= 15 is 0 Å². The minimum atomic E-state index is 0.526. The van der Waals surface area contributed by atoms with Crippen molar-refractivity contribution >= 4 is 6.29 Å². The van der Waals surface area contributed by atoms with Crippen LogP contribution in [0.25, 0.3) is 11.1 Å². The molecule has 94 valence electrons. The Morgan fingerprint density at radius 3 is 2.50 bits per heavy atom. The van der Waals surface area contributed by atoms with Gasteiger partial charge in [0.15, 0.2) is 11.5 Å². The second-order valence-electron chi connectivity index (χ2n) is 3.83. The van der Waals surface area contributed by atoms with Crippen molar-refractivity contribution in [2.45, 2.75) is 6.92 Å². The molecule has 0 radical (unpaired) electrons. The van der Waals surface area contributed by atoms with Gasteiger partial charge < -0.3 is 9.47 Å². The number of aldehydes is 1. The zero-order valence-electron chi connectivity index (χ0n) is 10.5. The molecule has 0 spiro atoms. The van der Waals surface area contributed by atoms with Crippen molar-refractivity contribution in [1.82, 2.24) is 10.2 Å². The first-order valence-electron chi connectivity index (χ1n) is 5.42.